The number of aryl methyl sites for hydroxylation is 1. The lowest BCUT2D eigenvalue weighted by Crippen LogP contribution is -2.19. The third kappa shape index (κ3) is 4.21. The number of rotatable bonds is 4. The van der Waals surface area contributed by atoms with E-state index in [0.29, 0.717) is 5.56 Å². The van der Waals surface area contributed by atoms with Crippen molar-refractivity contribution < 1.29 is 4.79 Å². The van der Waals surface area contributed by atoms with Crippen molar-refractivity contribution in [3.05, 3.63) is 95.6 Å². The minimum absolute atomic E-state index is 0.205. The van der Waals surface area contributed by atoms with Crippen LogP contribution in [0.1, 0.15) is 28.4 Å². The molecule has 0 atom stereocenters. The number of hydrazone groups is 1. The molecule has 3 aromatic rings. The van der Waals surface area contributed by atoms with Gasteiger partial charge in [0, 0.05) is 5.56 Å². The molecule has 0 aliphatic rings. The molecule has 0 spiro atoms. The maximum absolute atomic E-state index is 12.2. The molecular weight excluding hydrogens is 308 g/mol. The number of hydrogen-bond donors (Lipinski definition) is 1. The highest BCUT2D eigenvalue weighted by Gasteiger charge is 2.05. The Hall–Kier alpha value is -3.20. The van der Waals surface area contributed by atoms with Crippen molar-refractivity contribution in [2.75, 3.05) is 0 Å². The first kappa shape index (κ1) is 16.7. The average Bonchev–Trinajstić information content (AvgIpc) is 2.66. The molecule has 3 aromatic carbocycles. The van der Waals surface area contributed by atoms with Gasteiger partial charge in [-0.25, -0.2) is 5.43 Å². The van der Waals surface area contributed by atoms with Gasteiger partial charge in [-0.1, -0.05) is 72.3 Å². The van der Waals surface area contributed by atoms with Crippen LogP contribution in [0.25, 0.3) is 11.1 Å². The summed E-state index contributed by atoms with van der Waals surface area (Å²) in [5.74, 6) is -0.205. The monoisotopic (exact) mass is 328 g/mol. The van der Waals surface area contributed by atoms with Gasteiger partial charge in [-0.15, -0.1) is 0 Å². The molecule has 0 aliphatic heterocycles. The lowest BCUT2D eigenvalue weighted by atomic mass is 10.0. The van der Waals surface area contributed by atoms with Crippen molar-refractivity contribution >= 4 is 11.6 Å². The van der Waals surface area contributed by atoms with Gasteiger partial charge in [0.05, 0.1) is 5.71 Å². The van der Waals surface area contributed by atoms with Crippen LogP contribution in [0.2, 0.25) is 0 Å². The predicted octanol–water partition coefficient (Wildman–Crippen LogP) is 4.82. The van der Waals surface area contributed by atoms with E-state index in [1.165, 1.54) is 5.56 Å². The molecule has 0 unspecified atom stereocenters. The smallest absolute Gasteiger partial charge is 0.267 e. The van der Waals surface area contributed by atoms with Crippen LogP contribution in [0, 0.1) is 6.92 Å². The third-order valence-electron chi connectivity index (χ3n) is 4.02. The van der Waals surface area contributed by atoms with Crippen LogP contribution in [-0.2, 0) is 0 Å². The summed E-state index contributed by atoms with van der Waals surface area (Å²) in [5, 5.41) is 4.22. The van der Waals surface area contributed by atoms with Crippen LogP contribution < -0.4 is 5.43 Å². The molecule has 0 saturated heterocycles. The minimum Gasteiger partial charge on any atom is -0.267 e. The molecule has 0 bridgehead atoms. The van der Waals surface area contributed by atoms with Gasteiger partial charge < -0.3 is 0 Å². The van der Waals surface area contributed by atoms with E-state index in [0.717, 1.165) is 22.4 Å². The molecule has 3 nitrogen and oxygen atoms in total. The second-order valence-electron chi connectivity index (χ2n) is 5.95. The van der Waals surface area contributed by atoms with Crippen LogP contribution in [0.5, 0.6) is 0 Å². The van der Waals surface area contributed by atoms with Crippen molar-refractivity contribution in [3.63, 3.8) is 0 Å². The Morgan fingerprint density at radius 3 is 2.16 bits per heavy atom. The molecule has 0 aromatic heterocycles. The van der Waals surface area contributed by atoms with Gasteiger partial charge in [0.2, 0.25) is 0 Å². The van der Waals surface area contributed by atoms with E-state index in [2.05, 4.69) is 34.8 Å². The van der Waals surface area contributed by atoms with Gasteiger partial charge in [-0.2, -0.15) is 5.10 Å². The fourth-order valence-electron chi connectivity index (χ4n) is 2.58. The number of amides is 1. The van der Waals surface area contributed by atoms with E-state index in [-0.39, 0.29) is 5.91 Å². The van der Waals surface area contributed by atoms with Crippen LogP contribution in [0.15, 0.2) is 84.0 Å². The number of carbonyl (C=O) groups excluding carboxylic acids is 1. The molecule has 124 valence electrons. The van der Waals surface area contributed by atoms with Gasteiger partial charge in [-0.05, 0) is 42.7 Å². The SMILES string of the molecule is C/C(=N\NC(=O)c1cccc(C)c1)c1ccc(-c2ccccc2)cc1. The van der Waals surface area contributed by atoms with Gasteiger partial charge in [0.1, 0.15) is 0 Å². The summed E-state index contributed by atoms with van der Waals surface area (Å²) in [4.78, 5) is 12.2. The lowest BCUT2D eigenvalue weighted by molar-refractivity contribution is 0.0954. The molecule has 0 heterocycles. The summed E-state index contributed by atoms with van der Waals surface area (Å²) in [7, 11) is 0. The Labute approximate surface area is 148 Å². The fraction of sp³-hybridized carbons (Fsp3) is 0.0909. The van der Waals surface area contributed by atoms with Crippen molar-refractivity contribution in [2.24, 2.45) is 5.10 Å². The van der Waals surface area contributed by atoms with Crippen molar-refractivity contribution in [1.82, 2.24) is 5.43 Å². The quantitative estimate of drug-likeness (QED) is 0.541. The molecule has 0 saturated carbocycles. The maximum Gasteiger partial charge on any atom is 0.271 e. The molecule has 3 rings (SSSR count). The fourth-order valence-corrected chi connectivity index (χ4v) is 2.58. The van der Waals surface area contributed by atoms with Crippen molar-refractivity contribution in [3.8, 4) is 11.1 Å². The minimum atomic E-state index is -0.205. The largest absolute Gasteiger partial charge is 0.271 e. The second kappa shape index (κ2) is 7.58. The number of carbonyl (C=O) groups is 1. The predicted molar refractivity (Wildman–Crippen MR) is 103 cm³/mol. The van der Waals surface area contributed by atoms with E-state index in [1.807, 2.05) is 62.4 Å². The zero-order valence-corrected chi connectivity index (χ0v) is 14.4. The molecule has 0 aliphatic carbocycles. The van der Waals surface area contributed by atoms with E-state index < -0.39 is 0 Å². The van der Waals surface area contributed by atoms with E-state index in [1.54, 1.807) is 6.07 Å². The zero-order chi connectivity index (χ0) is 17.6. The molecule has 0 radical (unpaired) electrons. The summed E-state index contributed by atoms with van der Waals surface area (Å²) >= 11 is 0. The van der Waals surface area contributed by atoms with Crippen LogP contribution in [-0.4, -0.2) is 11.6 Å². The van der Waals surface area contributed by atoms with Crippen LogP contribution >= 0.6 is 0 Å². The Kier molecular flexibility index (Phi) is 5.05. The molecular formula is C22H20N2O. The Balaban J connectivity index is 1.71. The summed E-state index contributed by atoms with van der Waals surface area (Å²) in [6.07, 6.45) is 0. The standard InChI is InChI=1S/C22H20N2O/c1-16-7-6-10-21(15-16)22(25)24-23-17(2)18-11-13-20(14-12-18)19-8-4-3-5-9-19/h3-15H,1-2H3,(H,24,25)/b23-17+. The molecule has 1 N–H and O–H groups in total. The van der Waals surface area contributed by atoms with E-state index in [4.69, 9.17) is 0 Å². The van der Waals surface area contributed by atoms with Gasteiger partial charge >= 0.3 is 0 Å². The molecule has 1 amide bonds. The Bertz CT molecular complexity index is 897. The first-order valence-electron chi connectivity index (χ1n) is 8.20. The van der Waals surface area contributed by atoms with Gasteiger partial charge in [0.25, 0.3) is 5.91 Å². The topological polar surface area (TPSA) is 41.5 Å². The van der Waals surface area contributed by atoms with E-state index >= 15 is 0 Å². The third-order valence-corrected chi connectivity index (χ3v) is 4.02. The number of hydrogen-bond acceptors (Lipinski definition) is 2. The van der Waals surface area contributed by atoms with Crippen molar-refractivity contribution in [2.45, 2.75) is 13.8 Å². The number of nitrogens with one attached hydrogen (secondary N) is 1. The summed E-state index contributed by atoms with van der Waals surface area (Å²) < 4.78 is 0. The Morgan fingerprint density at radius 1 is 0.800 bits per heavy atom. The summed E-state index contributed by atoms with van der Waals surface area (Å²) in [5.41, 5.74) is 8.34. The maximum atomic E-state index is 12.2. The average molecular weight is 328 g/mol. The Morgan fingerprint density at radius 2 is 1.48 bits per heavy atom. The molecule has 0 fully saturated rings. The summed E-state index contributed by atoms with van der Waals surface area (Å²) in [6.45, 7) is 3.84. The van der Waals surface area contributed by atoms with Gasteiger partial charge in [0.15, 0.2) is 0 Å². The highest BCUT2D eigenvalue weighted by atomic mass is 16.2. The number of nitrogens with zero attached hydrogens (tertiary/aromatic N) is 1. The zero-order valence-electron chi connectivity index (χ0n) is 14.4. The highest BCUT2D eigenvalue weighted by Crippen LogP contribution is 2.19. The summed E-state index contributed by atoms with van der Waals surface area (Å²) in [6, 6.07) is 25.8. The van der Waals surface area contributed by atoms with Crippen molar-refractivity contribution in [1.29, 1.82) is 0 Å². The second-order valence-corrected chi connectivity index (χ2v) is 5.95. The van der Waals surface area contributed by atoms with Crippen LogP contribution in [0.3, 0.4) is 0 Å². The highest BCUT2D eigenvalue weighted by molar-refractivity contribution is 6.01. The molecule has 25 heavy (non-hydrogen) atoms. The molecule has 3 heteroatoms. The van der Waals surface area contributed by atoms with Gasteiger partial charge in [-0.3, -0.25) is 4.79 Å². The first-order valence-corrected chi connectivity index (χ1v) is 8.20. The normalized spacial score (nSPS) is 11.2. The van der Waals surface area contributed by atoms with Crippen LogP contribution in [0.4, 0.5) is 0 Å². The lowest BCUT2D eigenvalue weighted by Gasteiger charge is -2.06. The van der Waals surface area contributed by atoms with E-state index in [9.17, 15) is 4.79 Å². The number of benzene rings is 3. The first-order chi connectivity index (χ1) is 12.1.